The maximum atomic E-state index is 12.2. The SMILES string of the molecule is CC(NC(=O)C1CCC2CCCCC2C1)C(N)=S. The monoisotopic (exact) mass is 268 g/mol. The van der Waals surface area contributed by atoms with Crippen molar-refractivity contribution in [1.29, 1.82) is 0 Å². The highest BCUT2D eigenvalue weighted by atomic mass is 32.1. The first-order valence-electron chi connectivity index (χ1n) is 7.17. The van der Waals surface area contributed by atoms with Crippen LogP contribution in [0.3, 0.4) is 0 Å². The molecule has 0 aliphatic heterocycles. The Morgan fingerprint density at radius 1 is 1.22 bits per heavy atom. The molecule has 18 heavy (non-hydrogen) atoms. The number of thiocarbonyl (C=S) groups is 1. The summed E-state index contributed by atoms with van der Waals surface area (Å²) >= 11 is 4.89. The molecule has 3 nitrogen and oxygen atoms in total. The van der Waals surface area contributed by atoms with E-state index in [9.17, 15) is 4.79 Å². The fraction of sp³-hybridized carbons (Fsp3) is 0.857. The van der Waals surface area contributed by atoms with Crippen molar-refractivity contribution in [2.45, 2.75) is 57.9 Å². The van der Waals surface area contributed by atoms with Crippen molar-refractivity contribution in [3.8, 4) is 0 Å². The quantitative estimate of drug-likeness (QED) is 0.773. The van der Waals surface area contributed by atoms with Crippen molar-refractivity contribution in [1.82, 2.24) is 5.32 Å². The van der Waals surface area contributed by atoms with Crippen molar-refractivity contribution in [3.05, 3.63) is 0 Å². The van der Waals surface area contributed by atoms with E-state index in [1.165, 1.54) is 32.1 Å². The lowest BCUT2D eigenvalue weighted by Crippen LogP contribution is -2.45. The number of nitrogens with two attached hydrogens (primary N) is 1. The minimum absolute atomic E-state index is 0.152. The van der Waals surface area contributed by atoms with Gasteiger partial charge in [-0.05, 0) is 38.0 Å². The van der Waals surface area contributed by atoms with Gasteiger partial charge in [-0.25, -0.2) is 0 Å². The summed E-state index contributed by atoms with van der Waals surface area (Å²) in [6.45, 7) is 1.85. The number of nitrogens with one attached hydrogen (secondary N) is 1. The Morgan fingerprint density at radius 3 is 2.56 bits per heavy atom. The van der Waals surface area contributed by atoms with Crippen LogP contribution < -0.4 is 11.1 Å². The number of fused-ring (bicyclic) bond motifs is 1. The van der Waals surface area contributed by atoms with E-state index in [0.717, 1.165) is 24.7 Å². The third kappa shape index (κ3) is 3.22. The van der Waals surface area contributed by atoms with Crippen LogP contribution in [-0.4, -0.2) is 16.9 Å². The second-order valence-electron chi connectivity index (χ2n) is 5.95. The molecule has 4 atom stereocenters. The molecule has 0 aromatic carbocycles. The van der Waals surface area contributed by atoms with E-state index < -0.39 is 0 Å². The average molecular weight is 268 g/mol. The predicted octanol–water partition coefficient (Wildman–Crippen LogP) is 2.38. The molecule has 0 spiro atoms. The minimum atomic E-state index is -0.184. The zero-order valence-electron chi connectivity index (χ0n) is 11.2. The first kappa shape index (κ1) is 13.8. The van der Waals surface area contributed by atoms with Gasteiger partial charge in [0.25, 0.3) is 0 Å². The molecular formula is C14H24N2OS. The molecule has 0 saturated heterocycles. The van der Waals surface area contributed by atoms with Crippen molar-refractivity contribution in [3.63, 3.8) is 0 Å². The van der Waals surface area contributed by atoms with E-state index in [1.807, 2.05) is 6.92 Å². The van der Waals surface area contributed by atoms with Crippen LogP contribution in [0.5, 0.6) is 0 Å². The summed E-state index contributed by atoms with van der Waals surface area (Å²) < 4.78 is 0. The summed E-state index contributed by atoms with van der Waals surface area (Å²) in [5, 5.41) is 2.94. The molecule has 0 aromatic rings. The second kappa shape index (κ2) is 6.00. The summed E-state index contributed by atoms with van der Waals surface area (Å²) in [7, 11) is 0. The molecule has 2 fully saturated rings. The predicted molar refractivity (Wildman–Crippen MR) is 77.2 cm³/mol. The Bertz CT molecular complexity index is 332. The zero-order valence-corrected chi connectivity index (χ0v) is 12.0. The van der Waals surface area contributed by atoms with Crippen molar-refractivity contribution >= 4 is 23.1 Å². The van der Waals surface area contributed by atoms with Crippen molar-refractivity contribution in [2.24, 2.45) is 23.5 Å². The topological polar surface area (TPSA) is 55.1 Å². The lowest BCUT2D eigenvalue weighted by molar-refractivity contribution is -0.127. The number of rotatable bonds is 3. The van der Waals surface area contributed by atoms with Gasteiger partial charge in [0.2, 0.25) is 5.91 Å². The van der Waals surface area contributed by atoms with Crippen LogP contribution in [0.4, 0.5) is 0 Å². The fourth-order valence-corrected chi connectivity index (χ4v) is 3.57. The molecule has 1 amide bonds. The van der Waals surface area contributed by atoms with E-state index in [0.29, 0.717) is 4.99 Å². The summed E-state index contributed by atoms with van der Waals surface area (Å²) in [6.07, 6.45) is 8.76. The van der Waals surface area contributed by atoms with Gasteiger partial charge < -0.3 is 11.1 Å². The van der Waals surface area contributed by atoms with Crippen LogP contribution >= 0.6 is 12.2 Å². The number of hydrogen-bond donors (Lipinski definition) is 2. The summed E-state index contributed by atoms with van der Waals surface area (Å²) in [5.74, 6) is 2.00. The lowest BCUT2D eigenvalue weighted by atomic mass is 9.67. The van der Waals surface area contributed by atoms with Gasteiger partial charge in [0, 0.05) is 5.92 Å². The van der Waals surface area contributed by atoms with Crippen molar-refractivity contribution in [2.75, 3.05) is 0 Å². The molecule has 2 saturated carbocycles. The van der Waals surface area contributed by atoms with E-state index in [-0.39, 0.29) is 17.9 Å². The maximum absolute atomic E-state index is 12.2. The van der Waals surface area contributed by atoms with Gasteiger partial charge >= 0.3 is 0 Å². The van der Waals surface area contributed by atoms with Gasteiger partial charge in [-0.2, -0.15) is 0 Å². The molecule has 2 aliphatic rings. The largest absolute Gasteiger partial charge is 0.392 e. The summed E-state index contributed by atoms with van der Waals surface area (Å²) in [6, 6.07) is -0.184. The number of carbonyl (C=O) groups excluding carboxylic acids is 1. The van der Waals surface area contributed by atoms with Crippen LogP contribution in [0.2, 0.25) is 0 Å². The van der Waals surface area contributed by atoms with Crippen LogP contribution in [0.25, 0.3) is 0 Å². The Kier molecular flexibility index (Phi) is 4.60. The van der Waals surface area contributed by atoms with Crippen LogP contribution in [0, 0.1) is 17.8 Å². The standard InChI is InChI=1S/C14H24N2OS/c1-9(13(15)18)16-14(17)12-7-6-10-4-2-3-5-11(10)8-12/h9-12H,2-8H2,1H3,(H2,15,18)(H,16,17). The smallest absolute Gasteiger partial charge is 0.223 e. The Labute approximate surface area is 115 Å². The van der Waals surface area contributed by atoms with Gasteiger partial charge in [-0.1, -0.05) is 37.9 Å². The van der Waals surface area contributed by atoms with E-state index in [2.05, 4.69) is 5.32 Å². The number of hydrogen-bond acceptors (Lipinski definition) is 2. The average Bonchev–Trinajstić information content (AvgIpc) is 2.37. The maximum Gasteiger partial charge on any atom is 0.223 e. The lowest BCUT2D eigenvalue weighted by Gasteiger charge is -2.39. The molecule has 0 radical (unpaired) electrons. The fourth-order valence-electron chi connectivity index (χ4n) is 3.51. The zero-order chi connectivity index (χ0) is 13.1. The van der Waals surface area contributed by atoms with Gasteiger partial charge in [0.1, 0.15) is 0 Å². The molecule has 0 bridgehead atoms. The highest BCUT2D eigenvalue weighted by Crippen LogP contribution is 2.42. The molecule has 2 rings (SSSR count). The first-order chi connectivity index (χ1) is 8.58. The Hall–Kier alpha value is -0.640. The van der Waals surface area contributed by atoms with E-state index >= 15 is 0 Å². The van der Waals surface area contributed by atoms with Gasteiger partial charge in [-0.15, -0.1) is 0 Å². The Morgan fingerprint density at radius 2 is 1.89 bits per heavy atom. The molecule has 3 N–H and O–H groups in total. The van der Waals surface area contributed by atoms with Gasteiger partial charge in [0.15, 0.2) is 0 Å². The van der Waals surface area contributed by atoms with Crippen molar-refractivity contribution < 1.29 is 4.79 Å². The highest BCUT2D eigenvalue weighted by Gasteiger charge is 2.35. The molecule has 4 heteroatoms. The molecule has 2 aliphatic carbocycles. The van der Waals surface area contributed by atoms with E-state index in [4.69, 9.17) is 18.0 Å². The van der Waals surface area contributed by atoms with Crippen LogP contribution in [0.15, 0.2) is 0 Å². The molecule has 0 aromatic heterocycles. The second-order valence-corrected chi connectivity index (χ2v) is 6.42. The molecule has 102 valence electrons. The third-order valence-corrected chi connectivity index (χ3v) is 5.05. The molecule has 0 heterocycles. The highest BCUT2D eigenvalue weighted by molar-refractivity contribution is 7.80. The number of amides is 1. The summed E-state index contributed by atoms with van der Waals surface area (Å²) in [5.41, 5.74) is 5.54. The van der Waals surface area contributed by atoms with Gasteiger partial charge in [0.05, 0.1) is 11.0 Å². The number of carbonyl (C=O) groups is 1. The minimum Gasteiger partial charge on any atom is -0.392 e. The Balaban J connectivity index is 1.86. The molecule has 4 unspecified atom stereocenters. The molecular weight excluding hydrogens is 244 g/mol. The van der Waals surface area contributed by atoms with Crippen LogP contribution in [-0.2, 0) is 4.79 Å². The van der Waals surface area contributed by atoms with Crippen LogP contribution in [0.1, 0.15) is 51.9 Å². The summed E-state index contributed by atoms with van der Waals surface area (Å²) in [4.78, 5) is 12.5. The normalized spacial score (nSPS) is 33.3. The first-order valence-corrected chi connectivity index (χ1v) is 7.58. The van der Waals surface area contributed by atoms with E-state index in [1.54, 1.807) is 0 Å². The van der Waals surface area contributed by atoms with Gasteiger partial charge in [-0.3, -0.25) is 4.79 Å². The third-order valence-electron chi connectivity index (χ3n) is 4.70.